The van der Waals surface area contributed by atoms with Crippen molar-refractivity contribution in [2.75, 3.05) is 33.4 Å². The highest BCUT2D eigenvalue weighted by molar-refractivity contribution is 5.27. The van der Waals surface area contributed by atoms with Crippen molar-refractivity contribution >= 4 is 0 Å². The van der Waals surface area contributed by atoms with Crippen LogP contribution >= 0.6 is 0 Å². The van der Waals surface area contributed by atoms with Gasteiger partial charge in [0.2, 0.25) is 0 Å². The minimum absolute atomic E-state index is 0.123. The Kier molecular flexibility index (Phi) is 4.69. The molecule has 0 bridgehead atoms. The minimum Gasteiger partial charge on any atom is -0.376 e. The molecule has 1 aromatic carbocycles. The van der Waals surface area contributed by atoms with Gasteiger partial charge >= 0.3 is 0 Å². The van der Waals surface area contributed by atoms with Crippen molar-refractivity contribution < 1.29 is 13.9 Å². The van der Waals surface area contributed by atoms with Gasteiger partial charge in [0.15, 0.2) is 0 Å². The van der Waals surface area contributed by atoms with Crippen LogP contribution in [-0.4, -0.2) is 44.4 Å². The van der Waals surface area contributed by atoms with Gasteiger partial charge in [0.05, 0.1) is 25.9 Å². The number of ether oxygens (including phenoxy) is 2. The molecule has 0 saturated carbocycles. The van der Waals surface area contributed by atoms with Gasteiger partial charge in [-0.15, -0.1) is 0 Å². The molecule has 0 spiro atoms. The predicted octanol–water partition coefficient (Wildman–Crippen LogP) is 1.98. The maximum Gasteiger partial charge on any atom is 0.126 e. The first kappa shape index (κ1) is 13.5. The topological polar surface area (TPSA) is 21.7 Å². The van der Waals surface area contributed by atoms with Crippen molar-refractivity contribution in [3.05, 3.63) is 35.1 Å². The molecular formula is C14H20FNO2. The molecule has 2 rings (SSSR count). The third kappa shape index (κ3) is 3.51. The third-order valence-corrected chi connectivity index (χ3v) is 3.22. The minimum atomic E-state index is -0.141. The van der Waals surface area contributed by atoms with Crippen molar-refractivity contribution in [2.24, 2.45) is 0 Å². The number of likely N-dealkylation sites (N-methyl/N-ethyl adjacent to an activating group) is 1. The molecule has 1 fully saturated rings. The highest BCUT2D eigenvalue weighted by atomic mass is 19.1. The van der Waals surface area contributed by atoms with Gasteiger partial charge in [-0.25, -0.2) is 4.39 Å². The van der Waals surface area contributed by atoms with Crippen molar-refractivity contribution in [1.29, 1.82) is 0 Å². The highest BCUT2D eigenvalue weighted by Gasteiger charge is 2.17. The van der Waals surface area contributed by atoms with E-state index in [1.165, 1.54) is 6.07 Å². The van der Waals surface area contributed by atoms with E-state index in [-0.39, 0.29) is 11.9 Å². The lowest BCUT2D eigenvalue weighted by Crippen LogP contribution is -2.38. The Morgan fingerprint density at radius 3 is 2.94 bits per heavy atom. The fourth-order valence-electron chi connectivity index (χ4n) is 2.17. The standard InChI is InChI=1S/C14H20FNO2/c1-11-12(4-3-5-14(11)15)8-16(2)9-13-10-17-6-7-18-13/h3-5,13H,6-10H2,1-2H3. The first-order chi connectivity index (χ1) is 8.66. The fourth-order valence-corrected chi connectivity index (χ4v) is 2.17. The maximum atomic E-state index is 13.4. The van der Waals surface area contributed by atoms with E-state index in [9.17, 15) is 4.39 Å². The molecule has 100 valence electrons. The Labute approximate surface area is 107 Å². The van der Waals surface area contributed by atoms with Gasteiger partial charge in [0.1, 0.15) is 5.82 Å². The number of hydrogen-bond donors (Lipinski definition) is 0. The van der Waals surface area contributed by atoms with E-state index in [0.717, 1.165) is 24.2 Å². The Hall–Kier alpha value is -0.970. The molecule has 4 heteroatoms. The molecular weight excluding hydrogens is 233 g/mol. The molecule has 1 saturated heterocycles. The first-order valence-electron chi connectivity index (χ1n) is 6.28. The summed E-state index contributed by atoms with van der Waals surface area (Å²) in [5.74, 6) is -0.141. The molecule has 0 N–H and O–H groups in total. The summed E-state index contributed by atoms with van der Waals surface area (Å²) in [7, 11) is 2.02. The Morgan fingerprint density at radius 2 is 2.22 bits per heavy atom. The van der Waals surface area contributed by atoms with Gasteiger partial charge in [-0.1, -0.05) is 12.1 Å². The molecule has 0 amide bonds. The summed E-state index contributed by atoms with van der Waals surface area (Å²) in [6.45, 7) is 5.34. The lowest BCUT2D eigenvalue weighted by molar-refractivity contribution is -0.0963. The van der Waals surface area contributed by atoms with Crippen molar-refractivity contribution in [3.63, 3.8) is 0 Å². The number of halogens is 1. The lowest BCUT2D eigenvalue weighted by atomic mass is 10.1. The number of benzene rings is 1. The van der Waals surface area contributed by atoms with E-state index in [0.29, 0.717) is 19.8 Å². The third-order valence-electron chi connectivity index (χ3n) is 3.22. The van der Waals surface area contributed by atoms with Crippen LogP contribution in [0.25, 0.3) is 0 Å². The van der Waals surface area contributed by atoms with Crippen LogP contribution in [-0.2, 0) is 16.0 Å². The van der Waals surface area contributed by atoms with Crippen LogP contribution in [0.5, 0.6) is 0 Å². The second-order valence-electron chi connectivity index (χ2n) is 4.79. The quantitative estimate of drug-likeness (QED) is 0.819. The molecule has 0 aliphatic carbocycles. The van der Waals surface area contributed by atoms with Crippen LogP contribution in [0.15, 0.2) is 18.2 Å². The van der Waals surface area contributed by atoms with Crippen molar-refractivity contribution in [3.8, 4) is 0 Å². The van der Waals surface area contributed by atoms with E-state index in [2.05, 4.69) is 4.90 Å². The van der Waals surface area contributed by atoms with Crippen LogP contribution in [0.2, 0.25) is 0 Å². The van der Waals surface area contributed by atoms with Crippen LogP contribution in [0.3, 0.4) is 0 Å². The molecule has 1 aliphatic heterocycles. The molecule has 1 heterocycles. The molecule has 18 heavy (non-hydrogen) atoms. The van der Waals surface area contributed by atoms with Crippen LogP contribution in [0, 0.1) is 12.7 Å². The van der Waals surface area contributed by atoms with Crippen molar-refractivity contribution in [1.82, 2.24) is 4.90 Å². The summed E-state index contributed by atoms with van der Waals surface area (Å²) in [5.41, 5.74) is 1.75. The van der Waals surface area contributed by atoms with Crippen LogP contribution in [0.1, 0.15) is 11.1 Å². The largest absolute Gasteiger partial charge is 0.376 e. The Morgan fingerprint density at radius 1 is 1.39 bits per heavy atom. The molecule has 1 aromatic rings. The zero-order valence-corrected chi connectivity index (χ0v) is 11.0. The van der Waals surface area contributed by atoms with E-state index >= 15 is 0 Å². The summed E-state index contributed by atoms with van der Waals surface area (Å²) >= 11 is 0. The first-order valence-corrected chi connectivity index (χ1v) is 6.28. The zero-order valence-electron chi connectivity index (χ0n) is 11.0. The second kappa shape index (κ2) is 6.27. The van der Waals surface area contributed by atoms with Gasteiger partial charge in [0.25, 0.3) is 0 Å². The van der Waals surface area contributed by atoms with Gasteiger partial charge in [-0.3, -0.25) is 4.90 Å². The smallest absolute Gasteiger partial charge is 0.126 e. The SMILES string of the molecule is Cc1c(F)cccc1CN(C)CC1COCCO1. The highest BCUT2D eigenvalue weighted by Crippen LogP contribution is 2.14. The van der Waals surface area contributed by atoms with Gasteiger partial charge < -0.3 is 9.47 Å². The van der Waals surface area contributed by atoms with E-state index in [1.54, 1.807) is 6.07 Å². The van der Waals surface area contributed by atoms with E-state index in [4.69, 9.17) is 9.47 Å². The second-order valence-corrected chi connectivity index (χ2v) is 4.79. The summed E-state index contributed by atoms with van der Waals surface area (Å²) < 4.78 is 24.4. The van der Waals surface area contributed by atoms with E-state index in [1.807, 2.05) is 20.0 Å². The summed E-state index contributed by atoms with van der Waals surface area (Å²) in [4.78, 5) is 2.14. The van der Waals surface area contributed by atoms with Crippen molar-refractivity contribution in [2.45, 2.75) is 19.6 Å². The van der Waals surface area contributed by atoms with Crippen LogP contribution < -0.4 is 0 Å². The predicted molar refractivity (Wildman–Crippen MR) is 68.0 cm³/mol. The molecule has 0 radical (unpaired) electrons. The summed E-state index contributed by atoms with van der Waals surface area (Å²) in [5, 5.41) is 0. The molecule has 1 atom stereocenters. The Bertz CT molecular complexity index is 391. The summed E-state index contributed by atoms with van der Waals surface area (Å²) in [6.07, 6.45) is 0.123. The van der Waals surface area contributed by atoms with E-state index < -0.39 is 0 Å². The average Bonchev–Trinajstić information content (AvgIpc) is 2.36. The summed E-state index contributed by atoms with van der Waals surface area (Å²) in [6, 6.07) is 5.22. The zero-order chi connectivity index (χ0) is 13.0. The number of hydrogen-bond acceptors (Lipinski definition) is 3. The molecule has 1 unspecified atom stereocenters. The van der Waals surface area contributed by atoms with Crippen LogP contribution in [0.4, 0.5) is 4.39 Å². The molecule has 1 aliphatic rings. The monoisotopic (exact) mass is 253 g/mol. The fraction of sp³-hybridized carbons (Fsp3) is 0.571. The Balaban J connectivity index is 1.90. The van der Waals surface area contributed by atoms with Gasteiger partial charge in [0, 0.05) is 13.1 Å². The number of rotatable bonds is 4. The lowest BCUT2D eigenvalue weighted by Gasteiger charge is -2.27. The molecule has 3 nitrogen and oxygen atoms in total. The van der Waals surface area contributed by atoms with Gasteiger partial charge in [-0.05, 0) is 31.2 Å². The molecule has 0 aromatic heterocycles. The maximum absolute atomic E-state index is 13.4. The normalized spacial score (nSPS) is 20.3. The number of nitrogens with zero attached hydrogens (tertiary/aromatic N) is 1. The van der Waals surface area contributed by atoms with Gasteiger partial charge in [-0.2, -0.15) is 0 Å². The average molecular weight is 253 g/mol.